The number of hydrogen-bond acceptors (Lipinski definition) is 5. The highest BCUT2D eigenvalue weighted by Gasteiger charge is 2.32. The SMILES string of the molecule is O=S1(=O)CCC(n2c(-c3ccco3)nc3cccnc32)C1. The maximum Gasteiger partial charge on any atom is 0.178 e. The fraction of sp³-hybridized carbons (Fsp3) is 0.286. The molecule has 1 fully saturated rings. The van der Waals surface area contributed by atoms with Crippen LogP contribution in [0, 0.1) is 0 Å². The smallest absolute Gasteiger partial charge is 0.178 e. The quantitative estimate of drug-likeness (QED) is 0.724. The van der Waals surface area contributed by atoms with Gasteiger partial charge < -0.3 is 8.98 Å². The van der Waals surface area contributed by atoms with Gasteiger partial charge in [0, 0.05) is 6.20 Å². The average Bonchev–Trinajstić information content (AvgIpc) is 3.15. The van der Waals surface area contributed by atoms with Gasteiger partial charge in [0.25, 0.3) is 0 Å². The Hall–Kier alpha value is -2.15. The number of hydrogen-bond donors (Lipinski definition) is 0. The maximum atomic E-state index is 11.8. The summed E-state index contributed by atoms with van der Waals surface area (Å²) in [6, 6.07) is 7.15. The van der Waals surface area contributed by atoms with Crippen molar-refractivity contribution < 1.29 is 12.8 Å². The Bertz CT molecular complexity index is 897. The zero-order chi connectivity index (χ0) is 14.4. The summed E-state index contributed by atoms with van der Waals surface area (Å²) in [4.78, 5) is 8.93. The van der Waals surface area contributed by atoms with E-state index in [1.807, 2.05) is 22.8 Å². The number of aromatic nitrogens is 3. The van der Waals surface area contributed by atoms with Gasteiger partial charge in [-0.3, -0.25) is 0 Å². The van der Waals surface area contributed by atoms with Gasteiger partial charge in [0.1, 0.15) is 5.52 Å². The Morgan fingerprint density at radius 1 is 1.29 bits per heavy atom. The van der Waals surface area contributed by atoms with Crippen LogP contribution >= 0.6 is 0 Å². The summed E-state index contributed by atoms with van der Waals surface area (Å²) in [6.45, 7) is 0. The molecular formula is C14H13N3O3S. The second kappa shape index (κ2) is 4.42. The van der Waals surface area contributed by atoms with E-state index in [0.29, 0.717) is 23.7 Å². The second-order valence-corrected chi connectivity index (χ2v) is 7.41. The highest BCUT2D eigenvalue weighted by molar-refractivity contribution is 7.91. The normalized spacial score (nSPS) is 21.0. The molecule has 1 atom stereocenters. The summed E-state index contributed by atoms with van der Waals surface area (Å²) in [7, 11) is -2.98. The molecule has 1 aliphatic rings. The van der Waals surface area contributed by atoms with Gasteiger partial charge in [0.05, 0.1) is 23.8 Å². The maximum absolute atomic E-state index is 11.8. The minimum Gasteiger partial charge on any atom is -0.461 e. The average molecular weight is 303 g/mol. The highest BCUT2D eigenvalue weighted by Crippen LogP contribution is 2.32. The van der Waals surface area contributed by atoms with Gasteiger partial charge in [-0.1, -0.05) is 0 Å². The molecule has 0 N–H and O–H groups in total. The predicted octanol–water partition coefficient (Wildman–Crippen LogP) is 2.05. The molecule has 0 spiro atoms. The Balaban J connectivity index is 1.95. The van der Waals surface area contributed by atoms with E-state index in [-0.39, 0.29) is 17.5 Å². The molecule has 0 radical (unpaired) electrons. The fourth-order valence-electron chi connectivity index (χ4n) is 2.83. The van der Waals surface area contributed by atoms with Crippen LogP contribution < -0.4 is 0 Å². The molecule has 6 nitrogen and oxygen atoms in total. The van der Waals surface area contributed by atoms with E-state index in [9.17, 15) is 8.42 Å². The molecule has 4 heterocycles. The monoisotopic (exact) mass is 303 g/mol. The first-order valence-electron chi connectivity index (χ1n) is 6.71. The lowest BCUT2D eigenvalue weighted by atomic mass is 10.2. The number of pyridine rings is 1. The van der Waals surface area contributed by atoms with E-state index in [1.165, 1.54) is 0 Å². The van der Waals surface area contributed by atoms with Crippen molar-refractivity contribution >= 4 is 21.0 Å². The van der Waals surface area contributed by atoms with E-state index in [1.54, 1.807) is 18.5 Å². The molecule has 21 heavy (non-hydrogen) atoms. The van der Waals surface area contributed by atoms with Gasteiger partial charge in [-0.25, -0.2) is 18.4 Å². The van der Waals surface area contributed by atoms with Crippen molar-refractivity contribution in [1.82, 2.24) is 14.5 Å². The van der Waals surface area contributed by atoms with Crippen LogP contribution in [0.1, 0.15) is 12.5 Å². The van der Waals surface area contributed by atoms with E-state index in [0.717, 1.165) is 5.52 Å². The molecule has 0 saturated carbocycles. The fourth-order valence-corrected chi connectivity index (χ4v) is 4.53. The summed E-state index contributed by atoms with van der Waals surface area (Å²) in [6.07, 6.45) is 3.85. The van der Waals surface area contributed by atoms with Crippen LogP contribution in [0.15, 0.2) is 41.1 Å². The zero-order valence-corrected chi connectivity index (χ0v) is 12.0. The lowest BCUT2D eigenvalue weighted by molar-refractivity contribution is 0.540. The lowest BCUT2D eigenvalue weighted by Crippen LogP contribution is -2.12. The molecule has 3 aromatic rings. The first-order chi connectivity index (χ1) is 10.1. The molecule has 1 saturated heterocycles. The van der Waals surface area contributed by atoms with E-state index >= 15 is 0 Å². The Kier molecular flexibility index (Phi) is 2.65. The third-order valence-corrected chi connectivity index (χ3v) is 5.51. The van der Waals surface area contributed by atoms with Gasteiger partial charge in [0.15, 0.2) is 27.1 Å². The molecule has 0 amide bonds. The summed E-state index contributed by atoms with van der Waals surface area (Å²) in [5.41, 5.74) is 1.44. The number of nitrogens with zero attached hydrogens (tertiary/aromatic N) is 3. The first-order valence-corrected chi connectivity index (χ1v) is 8.53. The molecule has 0 aliphatic carbocycles. The van der Waals surface area contributed by atoms with Crippen LogP contribution in [0.2, 0.25) is 0 Å². The van der Waals surface area contributed by atoms with E-state index in [4.69, 9.17) is 4.42 Å². The highest BCUT2D eigenvalue weighted by atomic mass is 32.2. The molecule has 1 unspecified atom stereocenters. The topological polar surface area (TPSA) is 78.0 Å². The minimum absolute atomic E-state index is 0.128. The second-order valence-electron chi connectivity index (χ2n) is 5.19. The molecule has 7 heteroatoms. The summed E-state index contributed by atoms with van der Waals surface area (Å²) in [5.74, 6) is 1.60. The predicted molar refractivity (Wildman–Crippen MR) is 77.5 cm³/mol. The third kappa shape index (κ3) is 2.04. The Morgan fingerprint density at radius 3 is 2.90 bits per heavy atom. The molecule has 1 aliphatic heterocycles. The van der Waals surface area contributed by atoms with Gasteiger partial charge in [0.2, 0.25) is 0 Å². The number of rotatable bonds is 2. The number of sulfone groups is 1. The van der Waals surface area contributed by atoms with Crippen molar-refractivity contribution in [3.05, 3.63) is 36.7 Å². The molecule has 3 aromatic heterocycles. The van der Waals surface area contributed by atoms with Gasteiger partial charge in [-0.15, -0.1) is 0 Å². The summed E-state index contributed by atoms with van der Waals surface area (Å²) >= 11 is 0. The van der Waals surface area contributed by atoms with Gasteiger partial charge >= 0.3 is 0 Å². The Labute approximate surface area is 121 Å². The van der Waals surface area contributed by atoms with Crippen LogP contribution in [0.5, 0.6) is 0 Å². The van der Waals surface area contributed by atoms with Crippen LogP contribution in [0.4, 0.5) is 0 Å². The first kappa shape index (κ1) is 12.6. The molecule has 0 bridgehead atoms. The van der Waals surface area contributed by atoms with Crippen molar-refractivity contribution in [3.63, 3.8) is 0 Å². The molecular weight excluding hydrogens is 290 g/mol. The third-order valence-electron chi connectivity index (χ3n) is 3.76. The lowest BCUT2D eigenvalue weighted by Gasteiger charge is -2.13. The van der Waals surface area contributed by atoms with Crippen molar-refractivity contribution in [2.24, 2.45) is 0 Å². The van der Waals surface area contributed by atoms with Crippen molar-refractivity contribution in [1.29, 1.82) is 0 Å². The molecule has 4 rings (SSSR count). The summed E-state index contributed by atoms with van der Waals surface area (Å²) in [5, 5.41) is 0. The van der Waals surface area contributed by atoms with Gasteiger partial charge in [-0.2, -0.15) is 0 Å². The van der Waals surface area contributed by atoms with Crippen LogP contribution in [-0.4, -0.2) is 34.5 Å². The molecule has 108 valence electrons. The van der Waals surface area contributed by atoms with Gasteiger partial charge in [-0.05, 0) is 30.7 Å². The number of imidazole rings is 1. The van der Waals surface area contributed by atoms with Crippen molar-refractivity contribution in [2.45, 2.75) is 12.5 Å². The standard InChI is InChI=1S/C14H13N3O3S/c18-21(19)8-5-10(9-21)17-13-11(3-1-6-15-13)16-14(17)12-4-2-7-20-12/h1-4,6-7,10H,5,8-9H2. The van der Waals surface area contributed by atoms with Crippen molar-refractivity contribution in [2.75, 3.05) is 11.5 Å². The zero-order valence-electron chi connectivity index (χ0n) is 11.1. The largest absolute Gasteiger partial charge is 0.461 e. The van der Waals surface area contributed by atoms with Crippen LogP contribution in [0.25, 0.3) is 22.7 Å². The Morgan fingerprint density at radius 2 is 2.19 bits per heavy atom. The summed E-state index contributed by atoms with van der Waals surface area (Å²) < 4.78 is 30.9. The van der Waals surface area contributed by atoms with Crippen molar-refractivity contribution in [3.8, 4) is 11.6 Å². The minimum atomic E-state index is -2.98. The van der Waals surface area contributed by atoms with E-state index < -0.39 is 9.84 Å². The van der Waals surface area contributed by atoms with Crippen LogP contribution in [-0.2, 0) is 9.84 Å². The number of fused-ring (bicyclic) bond motifs is 1. The van der Waals surface area contributed by atoms with E-state index in [2.05, 4.69) is 9.97 Å². The van der Waals surface area contributed by atoms with Crippen LogP contribution in [0.3, 0.4) is 0 Å². The molecule has 0 aromatic carbocycles. The number of furan rings is 1.